The fraction of sp³-hybridized carbons (Fsp3) is 0.375. The summed E-state index contributed by atoms with van der Waals surface area (Å²) < 4.78 is 5.18. The normalized spacial score (nSPS) is 18.5. The fourth-order valence-electron chi connectivity index (χ4n) is 3.92. The first-order valence-electron chi connectivity index (χ1n) is 10.3. The van der Waals surface area contributed by atoms with E-state index in [0.717, 1.165) is 22.4 Å². The molecule has 1 aliphatic rings. The Kier molecular flexibility index (Phi) is 6.25. The number of carbonyl (C=O) groups is 3. The van der Waals surface area contributed by atoms with E-state index in [0.29, 0.717) is 29.7 Å². The maximum absolute atomic E-state index is 13.3. The van der Waals surface area contributed by atoms with E-state index in [9.17, 15) is 14.4 Å². The average Bonchev–Trinajstić information content (AvgIpc) is 3.03. The molecular weight excluding hydrogens is 380 g/mol. The molecule has 0 saturated carbocycles. The summed E-state index contributed by atoms with van der Waals surface area (Å²) in [4.78, 5) is 40.1. The number of hydrogen-bond acceptors (Lipinski definition) is 4. The van der Waals surface area contributed by atoms with Gasteiger partial charge < -0.3 is 10.1 Å². The molecular formula is C24H28N2O4. The highest BCUT2D eigenvalue weighted by Gasteiger charge is 2.51. The second-order valence-corrected chi connectivity index (χ2v) is 7.43. The van der Waals surface area contributed by atoms with Gasteiger partial charge in [-0.1, -0.05) is 45.0 Å². The summed E-state index contributed by atoms with van der Waals surface area (Å²) >= 11 is 0. The van der Waals surface area contributed by atoms with E-state index < -0.39 is 17.5 Å². The first-order chi connectivity index (χ1) is 14.4. The maximum Gasteiger partial charge on any atom is 0.325 e. The van der Waals surface area contributed by atoms with Crippen LogP contribution in [0.4, 0.5) is 4.79 Å². The molecule has 2 aromatic rings. The van der Waals surface area contributed by atoms with Gasteiger partial charge in [-0.15, -0.1) is 0 Å². The largest absolute Gasteiger partial charge is 0.497 e. The SMILES string of the molecule is CCc1ccc(CC)c(C(=O)CN2C(=O)N[C@](CC)(c3ccc(OC)cc3)C2=O)c1. The van der Waals surface area contributed by atoms with E-state index in [2.05, 4.69) is 5.32 Å². The second-order valence-electron chi connectivity index (χ2n) is 7.43. The van der Waals surface area contributed by atoms with Crippen LogP contribution >= 0.6 is 0 Å². The van der Waals surface area contributed by atoms with Crippen molar-refractivity contribution >= 4 is 17.7 Å². The Morgan fingerprint density at radius 2 is 1.73 bits per heavy atom. The van der Waals surface area contributed by atoms with Gasteiger partial charge in [0.15, 0.2) is 5.78 Å². The van der Waals surface area contributed by atoms with Crippen molar-refractivity contribution in [2.45, 2.75) is 45.6 Å². The number of nitrogens with one attached hydrogen (secondary N) is 1. The molecule has 0 aliphatic carbocycles. The highest BCUT2D eigenvalue weighted by Crippen LogP contribution is 2.33. The van der Waals surface area contributed by atoms with Gasteiger partial charge in [0.1, 0.15) is 11.3 Å². The summed E-state index contributed by atoms with van der Waals surface area (Å²) in [6.07, 6.45) is 1.89. The van der Waals surface area contributed by atoms with Crippen LogP contribution in [0.25, 0.3) is 0 Å². The first-order valence-corrected chi connectivity index (χ1v) is 10.3. The van der Waals surface area contributed by atoms with E-state index in [1.165, 1.54) is 0 Å². The lowest BCUT2D eigenvalue weighted by atomic mass is 9.87. The number of ether oxygens (including phenoxy) is 1. The highest BCUT2D eigenvalue weighted by molar-refractivity contribution is 6.11. The van der Waals surface area contributed by atoms with Gasteiger partial charge in [-0.25, -0.2) is 4.79 Å². The molecule has 1 atom stereocenters. The van der Waals surface area contributed by atoms with Crippen molar-refractivity contribution in [1.29, 1.82) is 0 Å². The van der Waals surface area contributed by atoms with Gasteiger partial charge in [0.2, 0.25) is 0 Å². The molecule has 158 valence electrons. The van der Waals surface area contributed by atoms with Gasteiger partial charge in [0, 0.05) is 5.56 Å². The Balaban J connectivity index is 1.90. The Morgan fingerprint density at radius 1 is 1.03 bits per heavy atom. The zero-order valence-electron chi connectivity index (χ0n) is 18.0. The van der Waals surface area contributed by atoms with Crippen molar-refractivity contribution in [3.05, 3.63) is 64.7 Å². The van der Waals surface area contributed by atoms with Crippen molar-refractivity contribution in [1.82, 2.24) is 10.2 Å². The Hall–Kier alpha value is -3.15. The van der Waals surface area contributed by atoms with Crippen LogP contribution in [0.15, 0.2) is 42.5 Å². The van der Waals surface area contributed by atoms with Gasteiger partial charge in [-0.2, -0.15) is 0 Å². The molecule has 1 heterocycles. The van der Waals surface area contributed by atoms with Crippen LogP contribution in [0.2, 0.25) is 0 Å². The smallest absolute Gasteiger partial charge is 0.325 e. The van der Waals surface area contributed by atoms with E-state index in [1.807, 2.05) is 39.0 Å². The predicted molar refractivity (Wildman–Crippen MR) is 115 cm³/mol. The van der Waals surface area contributed by atoms with Crippen LogP contribution < -0.4 is 10.1 Å². The topological polar surface area (TPSA) is 75.7 Å². The van der Waals surface area contributed by atoms with Crippen LogP contribution in [0.5, 0.6) is 5.75 Å². The zero-order valence-corrected chi connectivity index (χ0v) is 18.0. The van der Waals surface area contributed by atoms with E-state index in [-0.39, 0.29) is 12.3 Å². The quantitative estimate of drug-likeness (QED) is 0.532. The molecule has 1 N–H and O–H groups in total. The third kappa shape index (κ3) is 3.70. The Labute approximate surface area is 177 Å². The van der Waals surface area contributed by atoms with Gasteiger partial charge in [0.25, 0.3) is 5.91 Å². The number of aryl methyl sites for hydroxylation is 2. The fourth-order valence-corrected chi connectivity index (χ4v) is 3.92. The standard InChI is InChI=1S/C24H28N2O4/c1-5-16-8-9-17(6-2)20(14-16)21(27)15-26-22(28)24(7-3,25-23(26)29)18-10-12-19(30-4)13-11-18/h8-14H,5-7,15H2,1-4H3,(H,25,29)/t24-/m1/s1. The van der Waals surface area contributed by atoms with Gasteiger partial charge in [0.05, 0.1) is 13.7 Å². The number of imide groups is 1. The van der Waals surface area contributed by atoms with E-state index in [1.54, 1.807) is 31.4 Å². The molecule has 6 nitrogen and oxygen atoms in total. The molecule has 0 spiro atoms. The minimum Gasteiger partial charge on any atom is -0.497 e. The minimum atomic E-state index is -1.18. The number of methoxy groups -OCH3 is 1. The molecule has 0 radical (unpaired) electrons. The molecule has 0 unspecified atom stereocenters. The van der Waals surface area contributed by atoms with Crippen LogP contribution in [0.3, 0.4) is 0 Å². The predicted octanol–water partition coefficient (Wildman–Crippen LogP) is 3.86. The molecule has 1 saturated heterocycles. The van der Waals surface area contributed by atoms with Crippen LogP contribution in [-0.4, -0.2) is 36.3 Å². The summed E-state index contributed by atoms with van der Waals surface area (Å²) in [6, 6.07) is 12.3. The van der Waals surface area contributed by atoms with Crippen LogP contribution in [0.1, 0.15) is 54.2 Å². The Morgan fingerprint density at radius 3 is 2.30 bits per heavy atom. The number of nitrogens with zero attached hydrogens (tertiary/aromatic N) is 1. The van der Waals surface area contributed by atoms with Crippen molar-refractivity contribution in [3.63, 3.8) is 0 Å². The zero-order chi connectivity index (χ0) is 21.9. The summed E-state index contributed by atoms with van der Waals surface area (Å²) in [7, 11) is 1.57. The minimum absolute atomic E-state index is 0.229. The van der Waals surface area contributed by atoms with Gasteiger partial charge in [-0.05, 0) is 54.2 Å². The van der Waals surface area contributed by atoms with Gasteiger partial charge in [-0.3, -0.25) is 14.5 Å². The van der Waals surface area contributed by atoms with Crippen molar-refractivity contribution in [2.24, 2.45) is 0 Å². The molecule has 1 fully saturated rings. The summed E-state index contributed by atoms with van der Waals surface area (Å²) in [5, 5.41) is 2.82. The summed E-state index contributed by atoms with van der Waals surface area (Å²) in [5.74, 6) is 0.0298. The molecule has 0 bridgehead atoms. The van der Waals surface area contributed by atoms with E-state index in [4.69, 9.17) is 4.74 Å². The van der Waals surface area contributed by atoms with Crippen molar-refractivity contribution in [3.8, 4) is 5.75 Å². The summed E-state index contributed by atoms with van der Waals surface area (Å²) in [6.45, 7) is 5.57. The van der Waals surface area contributed by atoms with Crippen molar-refractivity contribution in [2.75, 3.05) is 13.7 Å². The van der Waals surface area contributed by atoms with Crippen LogP contribution in [-0.2, 0) is 23.2 Å². The average molecular weight is 408 g/mol. The molecule has 6 heteroatoms. The third-order valence-corrected chi connectivity index (χ3v) is 5.85. The number of rotatable bonds is 8. The molecule has 3 rings (SSSR count). The number of amides is 3. The summed E-state index contributed by atoms with van der Waals surface area (Å²) in [5.41, 5.74) is 2.04. The number of hydrogen-bond donors (Lipinski definition) is 1. The second kappa shape index (κ2) is 8.69. The number of benzene rings is 2. The van der Waals surface area contributed by atoms with E-state index >= 15 is 0 Å². The number of ketones is 1. The molecule has 0 aromatic heterocycles. The molecule has 30 heavy (non-hydrogen) atoms. The highest BCUT2D eigenvalue weighted by atomic mass is 16.5. The number of Topliss-reactive ketones (excluding diaryl/α,β-unsaturated/α-hetero) is 1. The van der Waals surface area contributed by atoms with Gasteiger partial charge >= 0.3 is 6.03 Å². The lowest BCUT2D eigenvalue weighted by Gasteiger charge is -2.26. The number of carbonyl (C=O) groups excluding carboxylic acids is 3. The molecule has 1 aliphatic heterocycles. The first kappa shape index (κ1) is 21.6. The lowest BCUT2D eigenvalue weighted by Crippen LogP contribution is -2.43. The molecule has 3 amide bonds. The molecule has 2 aromatic carbocycles. The lowest BCUT2D eigenvalue weighted by molar-refractivity contribution is -0.131. The van der Waals surface area contributed by atoms with Crippen molar-refractivity contribution < 1.29 is 19.1 Å². The monoisotopic (exact) mass is 408 g/mol. The number of urea groups is 1. The maximum atomic E-state index is 13.3. The van der Waals surface area contributed by atoms with Crippen LogP contribution in [0, 0.1) is 0 Å². The third-order valence-electron chi connectivity index (χ3n) is 5.85. The Bertz CT molecular complexity index is 968.